The van der Waals surface area contributed by atoms with Gasteiger partial charge in [0.25, 0.3) is 0 Å². The minimum absolute atomic E-state index is 0.0424. The van der Waals surface area contributed by atoms with E-state index in [1.807, 2.05) is 20.8 Å². The fourth-order valence-electron chi connectivity index (χ4n) is 3.63. The van der Waals surface area contributed by atoms with Gasteiger partial charge in [-0.2, -0.15) is 0 Å². The van der Waals surface area contributed by atoms with E-state index in [4.69, 9.17) is 23.2 Å². The van der Waals surface area contributed by atoms with Crippen molar-refractivity contribution in [1.29, 1.82) is 0 Å². The molecule has 0 spiro atoms. The second-order valence-corrected chi connectivity index (χ2v) is 12.2. The van der Waals surface area contributed by atoms with Crippen LogP contribution in [0.2, 0.25) is 10.0 Å². The van der Waals surface area contributed by atoms with Crippen molar-refractivity contribution in [2.75, 3.05) is 17.1 Å². The summed E-state index contributed by atoms with van der Waals surface area (Å²) in [5.74, 6) is -0.865. The van der Waals surface area contributed by atoms with Crippen molar-refractivity contribution in [2.45, 2.75) is 59.2 Å². The van der Waals surface area contributed by atoms with E-state index in [-0.39, 0.29) is 12.5 Å². The standard InChI is InChI=1S/C25H33Cl2N3O4S/c1-7-21(24(32)28-25(3,4)5)29(15-18-10-8-9-11-20(18)27)23(31)16-30(35(6,33)34)22-14-19(26)13-12-17(22)2/h8-14,21H,7,15-16H2,1-6H3,(H,28,32)/t21-/m0/s1. The average molecular weight is 543 g/mol. The predicted molar refractivity (Wildman–Crippen MR) is 142 cm³/mol. The van der Waals surface area contributed by atoms with Crippen LogP contribution in [-0.2, 0) is 26.2 Å². The molecule has 1 N–H and O–H groups in total. The number of nitrogens with one attached hydrogen (secondary N) is 1. The van der Waals surface area contributed by atoms with E-state index in [1.54, 1.807) is 50.2 Å². The molecule has 0 radical (unpaired) electrons. The van der Waals surface area contributed by atoms with E-state index in [0.29, 0.717) is 33.3 Å². The molecule has 1 atom stereocenters. The highest BCUT2D eigenvalue weighted by molar-refractivity contribution is 7.92. The maximum atomic E-state index is 13.7. The van der Waals surface area contributed by atoms with Gasteiger partial charge >= 0.3 is 0 Å². The zero-order chi connectivity index (χ0) is 26.6. The van der Waals surface area contributed by atoms with Gasteiger partial charge in [0.1, 0.15) is 12.6 Å². The lowest BCUT2D eigenvalue weighted by Crippen LogP contribution is -2.55. The highest BCUT2D eigenvalue weighted by atomic mass is 35.5. The summed E-state index contributed by atoms with van der Waals surface area (Å²) in [6.45, 7) is 8.64. The zero-order valence-electron chi connectivity index (χ0n) is 20.9. The third kappa shape index (κ3) is 8.12. The molecule has 2 aromatic rings. The molecule has 7 nitrogen and oxygen atoms in total. The number of nitrogens with zero attached hydrogens (tertiary/aromatic N) is 2. The van der Waals surface area contributed by atoms with E-state index in [1.165, 1.54) is 11.0 Å². The second-order valence-electron chi connectivity index (χ2n) is 9.48. The molecule has 0 heterocycles. The first kappa shape index (κ1) is 28.9. The number of benzene rings is 2. The lowest BCUT2D eigenvalue weighted by atomic mass is 10.1. The van der Waals surface area contributed by atoms with Gasteiger partial charge in [-0.1, -0.05) is 54.4 Å². The Morgan fingerprint density at radius 3 is 2.26 bits per heavy atom. The molecule has 0 aliphatic rings. The van der Waals surface area contributed by atoms with Gasteiger partial charge in [-0.15, -0.1) is 0 Å². The quantitative estimate of drug-likeness (QED) is 0.494. The summed E-state index contributed by atoms with van der Waals surface area (Å²) in [6.07, 6.45) is 1.36. The van der Waals surface area contributed by atoms with Crippen molar-refractivity contribution in [3.63, 3.8) is 0 Å². The van der Waals surface area contributed by atoms with Crippen LogP contribution in [0.5, 0.6) is 0 Å². The van der Waals surface area contributed by atoms with Gasteiger partial charge < -0.3 is 10.2 Å². The number of hydrogen-bond donors (Lipinski definition) is 1. The molecular formula is C25H33Cl2N3O4S. The average Bonchev–Trinajstić information content (AvgIpc) is 2.73. The van der Waals surface area contributed by atoms with Crippen molar-refractivity contribution in [2.24, 2.45) is 0 Å². The Labute approximate surface area is 218 Å². The molecule has 2 rings (SSSR count). The fourth-order valence-corrected chi connectivity index (χ4v) is 4.89. The molecule has 2 aromatic carbocycles. The zero-order valence-corrected chi connectivity index (χ0v) is 23.3. The highest BCUT2D eigenvalue weighted by Gasteiger charge is 2.33. The van der Waals surface area contributed by atoms with E-state index in [9.17, 15) is 18.0 Å². The number of rotatable bonds is 9. The van der Waals surface area contributed by atoms with Crippen LogP contribution in [0.15, 0.2) is 42.5 Å². The molecule has 0 fully saturated rings. The Hall–Kier alpha value is -2.29. The van der Waals surface area contributed by atoms with Gasteiger partial charge in [0.2, 0.25) is 21.8 Å². The van der Waals surface area contributed by atoms with E-state index in [0.717, 1.165) is 10.6 Å². The smallest absolute Gasteiger partial charge is 0.244 e. The minimum atomic E-state index is -3.85. The van der Waals surface area contributed by atoms with Crippen molar-refractivity contribution < 1.29 is 18.0 Å². The predicted octanol–water partition coefficient (Wildman–Crippen LogP) is 4.79. The summed E-state index contributed by atoms with van der Waals surface area (Å²) in [5, 5.41) is 3.71. The summed E-state index contributed by atoms with van der Waals surface area (Å²) in [7, 11) is -3.85. The molecule has 0 saturated carbocycles. The summed E-state index contributed by atoms with van der Waals surface area (Å²) in [4.78, 5) is 28.3. The Morgan fingerprint density at radius 1 is 1.09 bits per heavy atom. The van der Waals surface area contributed by atoms with Gasteiger partial charge in [0.15, 0.2) is 0 Å². The molecule has 10 heteroatoms. The van der Waals surface area contributed by atoms with E-state index < -0.39 is 34.1 Å². The molecule has 0 saturated heterocycles. The fraction of sp³-hybridized carbons (Fsp3) is 0.440. The third-order valence-electron chi connectivity index (χ3n) is 5.30. The Balaban J connectivity index is 2.52. The topological polar surface area (TPSA) is 86.8 Å². The third-order valence-corrected chi connectivity index (χ3v) is 7.03. The van der Waals surface area contributed by atoms with Gasteiger partial charge in [-0.05, 0) is 63.4 Å². The van der Waals surface area contributed by atoms with Crippen LogP contribution < -0.4 is 9.62 Å². The van der Waals surface area contributed by atoms with Crippen molar-refractivity contribution in [3.8, 4) is 0 Å². The lowest BCUT2D eigenvalue weighted by molar-refractivity contribution is -0.141. The summed E-state index contributed by atoms with van der Waals surface area (Å²) >= 11 is 12.5. The van der Waals surface area contributed by atoms with Gasteiger partial charge in [0, 0.05) is 22.1 Å². The lowest BCUT2D eigenvalue weighted by Gasteiger charge is -2.35. The SMILES string of the molecule is CC[C@@H](C(=O)NC(C)(C)C)N(Cc1ccccc1Cl)C(=O)CN(c1cc(Cl)ccc1C)S(C)(=O)=O. The number of aryl methyl sites for hydroxylation is 1. The van der Waals surface area contributed by atoms with E-state index in [2.05, 4.69) is 5.32 Å². The number of halogens is 2. The molecule has 0 unspecified atom stereocenters. The molecule has 2 amide bonds. The molecule has 0 aromatic heterocycles. The summed E-state index contributed by atoms with van der Waals surface area (Å²) in [6, 6.07) is 11.0. The first-order valence-electron chi connectivity index (χ1n) is 11.2. The summed E-state index contributed by atoms with van der Waals surface area (Å²) < 4.78 is 26.5. The molecule has 35 heavy (non-hydrogen) atoms. The second kappa shape index (κ2) is 11.6. The van der Waals surface area contributed by atoms with Crippen molar-refractivity contribution in [3.05, 3.63) is 63.6 Å². The Kier molecular flexibility index (Phi) is 9.62. The molecule has 0 aliphatic carbocycles. The Bertz CT molecular complexity index is 1180. The number of anilines is 1. The Morgan fingerprint density at radius 2 is 1.71 bits per heavy atom. The number of carbonyl (C=O) groups is 2. The first-order valence-corrected chi connectivity index (χ1v) is 13.8. The maximum Gasteiger partial charge on any atom is 0.244 e. The number of sulfonamides is 1. The monoisotopic (exact) mass is 541 g/mol. The van der Waals surface area contributed by atoms with Crippen molar-refractivity contribution >= 4 is 50.7 Å². The van der Waals surface area contributed by atoms with Crippen LogP contribution >= 0.6 is 23.2 Å². The largest absolute Gasteiger partial charge is 0.350 e. The van der Waals surface area contributed by atoms with Crippen LogP contribution in [0.3, 0.4) is 0 Å². The highest BCUT2D eigenvalue weighted by Crippen LogP contribution is 2.27. The van der Waals surface area contributed by atoms with Crippen LogP contribution in [0.4, 0.5) is 5.69 Å². The van der Waals surface area contributed by atoms with Crippen LogP contribution in [0, 0.1) is 6.92 Å². The molecule has 0 aliphatic heterocycles. The van der Waals surface area contributed by atoms with Gasteiger partial charge in [-0.25, -0.2) is 8.42 Å². The van der Waals surface area contributed by atoms with Crippen LogP contribution in [-0.4, -0.2) is 49.5 Å². The number of amides is 2. The number of hydrogen-bond acceptors (Lipinski definition) is 4. The van der Waals surface area contributed by atoms with Crippen molar-refractivity contribution in [1.82, 2.24) is 10.2 Å². The van der Waals surface area contributed by atoms with Crippen LogP contribution in [0.1, 0.15) is 45.2 Å². The first-order chi connectivity index (χ1) is 16.1. The molecule has 192 valence electrons. The summed E-state index contributed by atoms with van der Waals surface area (Å²) in [5.41, 5.74) is 1.08. The van der Waals surface area contributed by atoms with Gasteiger partial charge in [-0.3, -0.25) is 13.9 Å². The molecule has 0 bridgehead atoms. The normalized spacial score (nSPS) is 12.7. The molecular weight excluding hydrogens is 509 g/mol. The van der Waals surface area contributed by atoms with Crippen LogP contribution in [0.25, 0.3) is 0 Å². The maximum absolute atomic E-state index is 13.7. The number of carbonyl (C=O) groups excluding carboxylic acids is 2. The van der Waals surface area contributed by atoms with Gasteiger partial charge in [0.05, 0.1) is 11.9 Å². The minimum Gasteiger partial charge on any atom is -0.350 e. The van der Waals surface area contributed by atoms with E-state index >= 15 is 0 Å².